The molecule has 3 N–H and O–H groups in total. The zero-order chi connectivity index (χ0) is 15.6. The van der Waals surface area contributed by atoms with E-state index in [0.717, 1.165) is 18.9 Å². The topological polar surface area (TPSA) is 119 Å². The van der Waals surface area contributed by atoms with Crippen molar-refractivity contribution in [3.63, 3.8) is 0 Å². The molecule has 0 bridgehead atoms. The first-order valence-corrected chi connectivity index (χ1v) is 8.05. The van der Waals surface area contributed by atoms with Gasteiger partial charge in [0.1, 0.15) is 0 Å². The van der Waals surface area contributed by atoms with E-state index in [1.54, 1.807) is 0 Å². The zero-order valence-electron chi connectivity index (χ0n) is 11.7. The predicted octanol–water partition coefficient (Wildman–Crippen LogP) is 1.30. The Bertz CT molecular complexity index is 639. The molecule has 21 heavy (non-hydrogen) atoms. The average Bonchev–Trinajstić information content (AvgIpc) is 2.47. The van der Waals surface area contributed by atoms with E-state index in [9.17, 15) is 18.5 Å². The third kappa shape index (κ3) is 3.14. The molecule has 0 radical (unpaired) electrons. The SMILES string of the molecule is CC1CCN(S(=O)(=O)c2cc(NN)ccc2[N+](=O)[O-])CC1. The lowest BCUT2D eigenvalue weighted by Crippen LogP contribution is -2.38. The van der Waals surface area contributed by atoms with Crippen LogP contribution in [0.25, 0.3) is 0 Å². The summed E-state index contributed by atoms with van der Waals surface area (Å²) in [4.78, 5) is 10.1. The van der Waals surface area contributed by atoms with Crippen LogP contribution < -0.4 is 11.3 Å². The Hall–Kier alpha value is -1.71. The molecule has 0 atom stereocenters. The van der Waals surface area contributed by atoms with Crippen molar-refractivity contribution in [2.75, 3.05) is 18.5 Å². The van der Waals surface area contributed by atoms with Crippen LogP contribution in [0.1, 0.15) is 19.8 Å². The standard InChI is InChI=1S/C12H18N4O4S/c1-9-4-6-15(7-5-9)21(19,20)12-8-10(14-13)2-3-11(12)16(17)18/h2-3,8-9,14H,4-7,13H2,1H3. The molecule has 1 heterocycles. The molecule has 1 fully saturated rings. The maximum Gasteiger partial charge on any atom is 0.289 e. The molecule has 1 aromatic rings. The van der Waals surface area contributed by atoms with E-state index < -0.39 is 20.6 Å². The lowest BCUT2D eigenvalue weighted by atomic mass is 10.0. The van der Waals surface area contributed by atoms with Crippen molar-refractivity contribution in [3.05, 3.63) is 28.3 Å². The van der Waals surface area contributed by atoms with E-state index in [4.69, 9.17) is 5.84 Å². The van der Waals surface area contributed by atoms with Gasteiger partial charge in [-0.1, -0.05) is 6.92 Å². The van der Waals surface area contributed by atoms with Gasteiger partial charge in [0.2, 0.25) is 10.0 Å². The molecule has 1 aromatic carbocycles. The number of hydrazine groups is 1. The number of hydrogen-bond donors (Lipinski definition) is 2. The van der Waals surface area contributed by atoms with E-state index >= 15 is 0 Å². The first-order valence-electron chi connectivity index (χ1n) is 6.61. The fourth-order valence-corrected chi connectivity index (χ4v) is 3.98. The Morgan fingerprint density at radius 1 is 1.38 bits per heavy atom. The minimum Gasteiger partial charge on any atom is -0.324 e. The van der Waals surface area contributed by atoms with E-state index in [2.05, 4.69) is 12.3 Å². The Kier molecular flexibility index (Phi) is 4.45. The molecule has 0 aromatic heterocycles. The molecule has 116 valence electrons. The number of nitro benzene ring substituents is 1. The average molecular weight is 314 g/mol. The van der Waals surface area contributed by atoms with Gasteiger partial charge in [0.05, 0.1) is 10.6 Å². The lowest BCUT2D eigenvalue weighted by Gasteiger charge is -2.29. The Balaban J connectivity index is 2.45. The van der Waals surface area contributed by atoms with Crippen LogP contribution in [0.4, 0.5) is 11.4 Å². The summed E-state index contributed by atoms with van der Waals surface area (Å²) >= 11 is 0. The fourth-order valence-electron chi connectivity index (χ4n) is 2.33. The van der Waals surface area contributed by atoms with Crippen molar-refractivity contribution >= 4 is 21.4 Å². The second-order valence-electron chi connectivity index (χ2n) is 5.17. The van der Waals surface area contributed by atoms with Crippen molar-refractivity contribution in [2.24, 2.45) is 11.8 Å². The normalized spacial score (nSPS) is 17.6. The van der Waals surface area contributed by atoms with E-state index in [-0.39, 0.29) is 4.90 Å². The van der Waals surface area contributed by atoms with Crippen LogP contribution in [-0.2, 0) is 10.0 Å². The van der Waals surface area contributed by atoms with Crippen LogP contribution in [0.15, 0.2) is 23.1 Å². The second-order valence-corrected chi connectivity index (χ2v) is 7.08. The molecule has 0 spiro atoms. The maximum absolute atomic E-state index is 12.6. The van der Waals surface area contributed by atoms with Gasteiger partial charge < -0.3 is 5.43 Å². The summed E-state index contributed by atoms with van der Waals surface area (Å²) < 4.78 is 26.6. The van der Waals surface area contributed by atoms with Crippen LogP contribution >= 0.6 is 0 Å². The predicted molar refractivity (Wildman–Crippen MR) is 78.1 cm³/mol. The molecule has 9 heteroatoms. The highest BCUT2D eigenvalue weighted by atomic mass is 32.2. The third-order valence-corrected chi connectivity index (χ3v) is 5.61. The summed E-state index contributed by atoms with van der Waals surface area (Å²) in [5, 5.41) is 11.1. The molecule has 8 nitrogen and oxygen atoms in total. The third-order valence-electron chi connectivity index (χ3n) is 3.68. The summed E-state index contributed by atoms with van der Waals surface area (Å²) in [5.41, 5.74) is 2.18. The number of anilines is 1. The monoisotopic (exact) mass is 314 g/mol. The van der Waals surface area contributed by atoms with Gasteiger partial charge in [-0.3, -0.25) is 16.0 Å². The van der Waals surface area contributed by atoms with Crippen molar-refractivity contribution in [1.29, 1.82) is 0 Å². The number of hydrogen-bond acceptors (Lipinski definition) is 6. The van der Waals surface area contributed by atoms with Crippen LogP contribution in [0.3, 0.4) is 0 Å². The quantitative estimate of drug-likeness (QED) is 0.491. The maximum atomic E-state index is 12.6. The number of nitrogen functional groups attached to an aromatic ring is 1. The molecule has 1 aliphatic heterocycles. The number of nitrogens with zero attached hydrogens (tertiary/aromatic N) is 2. The number of nitro groups is 1. The summed E-state index contributed by atoms with van der Waals surface area (Å²) in [6, 6.07) is 3.72. The minimum absolute atomic E-state index is 0.310. The fraction of sp³-hybridized carbons (Fsp3) is 0.500. The van der Waals surface area contributed by atoms with Gasteiger partial charge in [0.25, 0.3) is 5.69 Å². The van der Waals surface area contributed by atoms with Crippen molar-refractivity contribution in [2.45, 2.75) is 24.7 Å². The molecule has 1 saturated heterocycles. The van der Waals surface area contributed by atoms with Crippen LogP contribution in [0.5, 0.6) is 0 Å². The van der Waals surface area contributed by atoms with Crippen LogP contribution in [0, 0.1) is 16.0 Å². The van der Waals surface area contributed by atoms with E-state index in [1.165, 1.54) is 16.4 Å². The summed E-state index contributed by atoms with van der Waals surface area (Å²) in [7, 11) is -3.90. The number of piperidine rings is 1. The highest BCUT2D eigenvalue weighted by Crippen LogP contribution is 2.31. The molecule has 0 unspecified atom stereocenters. The molecular weight excluding hydrogens is 296 g/mol. The molecule has 0 aliphatic carbocycles. The van der Waals surface area contributed by atoms with Crippen molar-refractivity contribution in [3.8, 4) is 0 Å². The molecule has 2 rings (SSSR count). The van der Waals surface area contributed by atoms with Gasteiger partial charge in [-0.2, -0.15) is 4.31 Å². The van der Waals surface area contributed by atoms with Crippen LogP contribution in [0.2, 0.25) is 0 Å². The number of rotatable bonds is 4. The first-order chi connectivity index (χ1) is 9.86. The lowest BCUT2D eigenvalue weighted by molar-refractivity contribution is -0.387. The number of benzene rings is 1. The molecule has 0 saturated carbocycles. The van der Waals surface area contributed by atoms with Crippen molar-refractivity contribution < 1.29 is 13.3 Å². The van der Waals surface area contributed by atoms with Gasteiger partial charge in [0, 0.05) is 19.2 Å². The Morgan fingerprint density at radius 3 is 2.52 bits per heavy atom. The van der Waals surface area contributed by atoms with E-state index in [1.807, 2.05) is 0 Å². The zero-order valence-corrected chi connectivity index (χ0v) is 12.5. The second kappa shape index (κ2) is 5.96. The number of nitrogens with two attached hydrogens (primary N) is 1. The Morgan fingerprint density at radius 2 is 2.00 bits per heavy atom. The van der Waals surface area contributed by atoms with Gasteiger partial charge in [-0.05, 0) is 30.9 Å². The highest BCUT2D eigenvalue weighted by molar-refractivity contribution is 7.89. The molecule has 0 amide bonds. The van der Waals surface area contributed by atoms with Crippen molar-refractivity contribution in [1.82, 2.24) is 4.31 Å². The highest BCUT2D eigenvalue weighted by Gasteiger charge is 2.33. The summed E-state index contributed by atoms with van der Waals surface area (Å²) in [5.74, 6) is 5.72. The first kappa shape index (κ1) is 15.7. The summed E-state index contributed by atoms with van der Waals surface area (Å²) in [6.07, 6.45) is 1.50. The minimum atomic E-state index is -3.90. The Labute approximate surface area is 123 Å². The summed E-state index contributed by atoms with van der Waals surface area (Å²) in [6.45, 7) is 2.81. The number of nitrogens with one attached hydrogen (secondary N) is 1. The smallest absolute Gasteiger partial charge is 0.289 e. The van der Waals surface area contributed by atoms with Crippen LogP contribution in [-0.4, -0.2) is 30.7 Å². The molecular formula is C12H18N4O4S. The number of sulfonamides is 1. The largest absolute Gasteiger partial charge is 0.324 e. The van der Waals surface area contributed by atoms with Gasteiger partial charge in [0.15, 0.2) is 4.90 Å². The van der Waals surface area contributed by atoms with Gasteiger partial charge >= 0.3 is 0 Å². The van der Waals surface area contributed by atoms with Gasteiger partial charge in [-0.15, -0.1) is 0 Å². The van der Waals surface area contributed by atoms with Gasteiger partial charge in [-0.25, -0.2) is 8.42 Å². The molecule has 1 aliphatic rings. The van der Waals surface area contributed by atoms with E-state index in [0.29, 0.717) is 24.7 Å².